The number of fused-ring (bicyclic) bond motifs is 7. The van der Waals surface area contributed by atoms with Crippen LogP contribution in [-0.2, 0) is 5.41 Å². The van der Waals surface area contributed by atoms with Gasteiger partial charge in [-0.05, 0) is 212 Å². The SMILES string of the molecule is c1ccc(-c2cccc(-c3cc(-c4cccc(-c5ccccc5)c4)cc(C4(c5cc(-c6cccc(-c7ccccc7)c6)cc(-c6cccc(-c7ccccc7)c6)c5)c5cc(-c6ccccc6)ccc5-c5c4ccc4oc6ccccc6c54)c3)c2)cc1. The molecule has 0 spiro atoms. The van der Waals surface area contributed by atoms with Crippen LogP contribution in [0.2, 0.25) is 0 Å². The molecule has 0 amide bonds. The summed E-state index contributed by atoms with van der Waals surface area (Å²) in [5, 5.41) is 2.22. The monoisotopic (exact) mass is 1090 g/mol. The van der Waals surface area contributed by atoms with Gasteiger partial charge in [-0.25, -0.2) is 0 Å². The van der Waals surface area contributed by atoms with Crippen molar-refractivity contribution in [2.24, 2.45) is 0 Å². The molecule has 0 atom stereocenters. The summed E-state index contributed by atoms with van der Waals surface area (Å²) in [7, 11) is 0. The maximum atomic E-state index is 6.86. The van der Waals surface area contributed by atoms with E-state index in [9.17, 15) is 0 Å². The normalized spacial score (nSPS) is 12.3. The van der Waals surface area contributed by atoms with Crippen LogP contribution in [0.5, 0.6) is 0 Å². The van der Waals surface area contributed by atoms with Gasteiger partial charge in [-0.2, -0.15) is 0 Å². The van der Waals surface area contributed by atoms with Gasteiger partial charge in [0.25, 0.3) is 0 Å². The molecule has 14 aromatic carbocycles. The van der Waals surface area contributed by atoms with E-state index in [1.54, 1.807) is 0 Å². The van der Waals surface area contributed by atoms with Crippen LogP contribution in [-0.4, -0.2) is 0 Å². The van der Waals surface area contributed by atoms with E-state index in [0.717, 1.165) is 88.7 Å². The summed E-state index contributed by atoms with van der Waals surface area (Å²) >= 11 is 0. The first kappa shape index (κ1) is 50.6. The molecular weight excluding hydrogens is 1040 g/mol. The highest BCUT2D eigenvalue weighted by Gasteiger charge is 2.48. The fourth-order valence-corrected chi connectivity index (χ4v) is 13.6. The molecule has 0 unspecified atom stereocenters. The highest BCUT2D eigenvalue weighted by Crippen LogP contribution is 2.61. The second-order valence-corrected chi connectivity index (χ2v) is 22.7. The van der Waals surface area contributed by atoms with Crippen LogP contribution >= 0.6 is 0 Å². The summed E-state index contributed by atoms with van der Waals surface area (Å²) in [5.74, 6) is 0. The molecular formula is C85H56O. The van der Waals surface area contributed by atoms with Crippen molar-refractivity contribution in [1.29, 1.82) is 0 Å². The summed E-state index contributed by atoms with van der Waals surface area (Å²) in [6.45, 7) is 0. The molecule has 0 saturated carbocycles. The Morgan fingerprint density at radius 1 is 0.198 bits per heavy atom. The number of para-hydroxylation sites is 1. The van der Waals surface area contributed by atoms with E-state index in [2.05, 4.69) is 340 Å². The summed E-state index contributed by atoms with van der Waals surface area (Å²) < 4.78 is 6.86. The van der Waals surface area contributed by atoms with Crippen molar-refractivity contribution in [3.63, 3.8) is 0 Å². The van der Waals surface area contributed by atoms with Gasteiger partial charge >= 0.3 is 0 Å². The summed E-state index contributed by atoms with van der Waals surface area (Å²) in [4.78, 5) is 0. The van der Waals surface area contributed by atoms with E-state index < -0.39 is 5.41 Å². The molecule has 402 valence electrons. The van der Waals surface area contributed by atoms with Crippen molar-refractivity contribution >= 4 is 21.9 Å². The highest BCUT2D eigenvalue weighted by molar-refractivity contribution is 6.16. The first-order valence-corrected chi connectivity index (χ1v) is 29.7. The Morgan fingerprint density at radius 3 is 0.895 bits per heavy atom. The zero-order valence-corrected chi connectivity index (χ0v) is 47.2. The lowest BCUT2D eigenvalue weighted by Gasteiger charge is -2.36. The van der Waals surface area contributed by atoms with Crippen LogP contribution in [0.3, 0.4) is 0 Å². The number of furan rings is 1. The van der Waals surface area contributed by atoms with Gasteiger partial charge in [0.2, 0.25) is 0 Å². The predicted octanol–water partition coefficient (Wildman–Crippen LogP) is 23.0. The third-order valence-electron chi connectivity index (χ3n) is 17.7. The average molecular weight is 1090 g/mol. The second kappa shape index (κ2) is 21.3. The van der Waals surface area contributed by atoms with Crippen LogP contribution in [0, 0.1) is 0 Å². The van der Waals surface area contributed by atoms with Gasteiger partial charge in [0.05, 0.1) is 5.41 Å². The van der Waals surface area contributed by atoms with Crippen molar-refractivity contribution in [2.45, 2.75) is 5.41 Å². The molecule has 0 fully saturated rings. The van der Waals surface area contributed by atoms with Gasteiger partial charge in [-0.3, -0.25) is 0 Å². The number of rotatable bonds is 11. The van der Waals surface area contributed by atoms with Gasteiger partial charge in [-0.1, -0.05) is 261 Å². The van der Waals surface area contributed by atoms with Gasteiger partial charge in [0.1, 0.15) is 11.2 Å². The van der Waals surface area contributed by atoms with Crippen LogP contribution in [0.4, 0.5) is 0 Å². The maximum absolute atomic E-state index is 6.86. The molecule has 1 heterocycles. The van der Waals surface area contributed by atoms with Crippen LogP contribution in [0.25, 0.3) is 133 Å². The summed E-state index contributed by atoms with van der Waals surface area (Å²) in [5.41, 5.74) is 28.7. The van der Waals surface area contributed by atoms with E-state index in [4.69, 9.17) is 4.42 Å². The van der Waals surface area contributed by atoms with E-state index in [1.165, 1.54) is 66.8 Å². The van der Waals surface area contributed by atoms with Crippen LogP contribution in [0.1, 0.15) is 22.3 Å². The minimum absolute atomic E-state index is 0.869. The van der Waals surface area contributed by atoms with E-state index in [0.29, 0.717) is 0 Å². The van der Waals surface area contributed by atoms with Gasteiger partial charge in [0, 0.05) is 10.8 Å². The Morgan fingerprint density at radius 2 is 0.512 bits per heavy atom. The standard InChI is InChI=1S/C85H56O/c1-6-22-57(23-7-1)62-32-18-36-66(46-62)71-50-72(67-37-19-33-63(47-67)58-24-8-2-9-25-58)53-75(52-71)85(79-44-45-82-84(78-40-16-17-41-81(78)86-82)83(79)77-43-42-70(56-80(77)85)61-30-14-5-15-31-61)76-54-73(68-38-20-34-64(48-68)59-26-10-3-11-27-59)51-74(55-76)69-39-21-35-65(49-69)60-28-12-4-13-29-60/h1-56H. The van der Waals surface area contributed by atoms with Crippen molar-refractivity contribution in [2.75, 3.05) is 0 Å². The fourth-order valence-electron chi connectivity index (χ4n) is 13.6. The molecule has 16 rings (SSSR count). The predicted molar refractivity (Wildman–Crippen MR) is 360 cm³/mol. The molecule has 1 aromatic heterocycles. The topological polar surface area (TPSA) is 13.1 Å². The Balaban J connectivity index is 1.06. The average Bonchev–Trinajstić information content (AvgIpc) is 1.59. The number of hydrogen-bond acceptors (Lipinski definition) is 1. The zero-order chi connectivity index (χ0) is 57.0. The van der Waals surface area contributed by atoms with Crippen molar-refractivity contribution in [3.05, 3.63) is 362 Å². The summed E-state index contributed by atoms with van der Waals surface area (Å²) in [6.07, 6.45) is 0. The van der Waals surface area contributed by atoms with Crippen molar-refractivity contribution in [3.8, 4) is 111 Å². The quantitative estimate of drug-likeness (QED) is 0.126. The molecule has 0 saturated heterocycles. The molecule has 0 N–H and O–H groups in total. The van der Waals surface area contributed by atoms with Crippen molar-refractivity contribution in [1.82, 2.24) is 0 Å². The maximum Gasteiger partial charge on any atom is 0.136 e. The van der Waals surface area contributed by atoms with Gasteiger partial charge in [-0.15, -0.1) is 0 Å². The number of benzene rings is 14. The first-order valence-electron chi connectivity index (χ1n) is 29.7. The van der Waals surface area contributed by atoms with Gasteiger partial charge < -0.3 is 4.42 Å². The first-order chi connectivity index (χ1) is 42.6. The molecule has 1 heteroatoms. The molecule has 0 radical (unpaired) electrons. The van der Waals surface area contributed by atoms with Gasteiger partial charge in [0.15, 0.2) is 0 Å². The van der Waals surface area contributed by atoms with Crippen LogP contribution < -0.4 is 0 Å². The molecule has 15 aromatic rings. The lowest BCUT2D eigenvalue weighted by atomic mass is 9.65. The third-order valence-corrected chi connectivity index (χ3v) is 17.7. The largest absolute Gasteiger partial charge is 0.456 e. The molecule has 1 aliphatic carbocycles. The Kier molecular flexibility index (Phi) is 12.5. The zero-order valence-electron chi connectivity index (χ0n) is 47.2. The van der Waals surface area contributed by atoms with E-state index >= 15 is 0 Å². The summed E-state index contributed by atoms with van der Waals surface area (Å²) in [6, 6.07) is 126. The second-order valence-electron chi connectivity index (χ2n) is 22.7. The number of hydrogen-bond donors (Lipinski definition) is 0. The minimum Gasteiger partial charge on any atom is -0.456 e. The lowest BCUT2D eigenvalue weighted by Crippen LogP contribution is -2.29. The van der Waals surface area contributed by atoms with Crippen molar-refractivity contribution < 1.29 is 4.42 Å². The molecule has 1 aliphatic rings. The third kappa shape index (κ3) is 8.88. The Bertz CT molecular complexity index is 4600. The molecule has 0 bridgehead atoms. The Labute approximate surface area is 502 Å². The minimum atomic E-state index is -0.931. The highest BCUT2D eigenvalue weighted by atomic mass is 16.3. The smallest absolute Gasteiger partial charge is 0.136 e. The van der Waals surface area contributed by atoms with E-state index in [-0.39, 0.29) is 0 Å². The fraction of sp³-hybridized carbons (Fsp3) is 0.0118. The van der Waals surface area contributed by atoms with Crippen LogP contribution in [0.15, 0.2) is 344 Å². The molecule has 1 nitrogen and oxygen atoms in total. The van der Waals surface area contributed by atoms with E-state index in [1.807, 2.05) is 0 Å². The molecule has 0 aliphatic heterocycles. The lowest BCUT2D eigenvalue weighted by molar-refractivity contribution is 0.668. The Hall–Kier alpha value is -11.1. The molecule has 86 heavy (non-hydrogen) atoms.